The van der Waals surface area contributed by atoms with E-state index in [2.05, 4.69) is 49.9 Å². The monoisotopic (exact) mass is 485 g/mol. The molecule has 1 fully saturated rings. The van der Waals surface area contributed by atoms with Gasteiger partial charge in [-0.1, -0.05) is 6.42 Å². The quantitative estimate of drug-likeness (QED) is 0.388. The molecule has 0 bridgehead atoms. The minimum atomic E-state index is -0.309. The summed E-state index contributed by atoms with van der Waals surface area (Å²) in [6, 6.07) is 5.65. The minimum Gasteiger partial charge on any atom is -0.344 e. The molecule has 1 N–H and O–H groups in total. The number of nitrogens with zero attached hydrogens (tertiary/aromatic N) is 8. The Morgan fingerprint density at radius 1 is 1.20 bits per heavy atom. The highest BCUT2D eigenvalue weighted by Gasteiger charge is 2.28. The topological polar surface area (TPSA) is 116 Å². The van der Waals surface area contributed by atoms with Gasteiger partial charge in [0.15, 0.2) is 11.5 Å². The van der Waals surface area contributed by atoms with Crippen LogP contribution in [0.1, 0.15) is 64.9 Å². The third-order valence-electron chi connectivity index (χ3n) is 6.41. The normalized spacial score (nSPS) is 14.7. The molecule has 0 aromatic carbocycles. The maximum atomic E-state index is 13.4. The van der Waals surface area contributed by atoms with E-state index in [-0.39, 0.29) is 11.9 Å². The highest BCUT2D eigenvalue weighted by atomic mass is 32.1. The van der Waals surface area contributed by atoms with Gasteiger partial charge >= 0.3 is 0 Å². The lowest BCUT2D eigenvalue weighted by Gasteiger charge is -2.24. The Balaban J connectivity index is 1.47. The fourth-order valence-corrected chi connectivity index (χ4v) is 5.15. The van der Waals surface area contributed by atoms with Crippen molar-refractivity contribution in [2.75, 3.05) is 0 Å². The van der Waals surface area contributed by atoms with Crippen molar-refractivity contribution in [3.05, 3.63) is 71.1 Å². The molecule has 10 nitrogen and oxygen atoms in total. The van der Waals surface area contributed by atoms with Crippen molar-refractivity contribution in [2.24, 2.45) is 0 Å². The summed E-state index contributed by atoms with van der Waals surface area (Å²) in [6.45, 7) is 3.95. The lowest BCUT2D eigenvalue weighted by molar-refractivity contribution is 0.0938. The molecule has 0 spiro atoms. The van der Waals surface area contributed by atoms with Gasteiger partial charge in [-0.05, 0) is 55.3 Å². The standard InChI is InChI=1S/C24H23N9OS/c1-14-6-7-21(35-14)20-12-27-23-19(33-22(29-30-31-33)16-4-3-5-16)10-17(13-32(20)23)24(34)28-15(2)18-11-25-8-9-26-18/h6-13,15-16H,3-5H2,1-2H3,(H,28,34). The van der Waals surface area contributed by atoms with Gasteiger partial charge in [0, 0.05) is 29.4 Å². The van der Waals surface area contributed by atoms with Crippen molar-refractivity contribution in [3.8, 4) is 16.3 Å². The van der Waals surface area contributed by atoms with Crippen molar-refractivity contribution in [2.45, 2.75) is 45.1 Å². The van der Waals surface area contributed by atoms with Crippen LogP contribution >= 0.6 is 11.3 Å². The Labute approximate surface area is 205 Å². The third-order valence-corrected chi connectivity index (χ3v) is 7.43. The van der Waals surface area contributed by atoms with Crippen molar-refractivity contribution < 1.29 is 4.79 Å². The molecule has 1 unspecified atom stereocenters. The summed E-state index contributed by atoms with van der Waals surface area (Å²) in [5.41, 5.74) is 3.45. The number of fused-ring (bicyclic) bond motifs is 1. The van der Waals surface area contributed by atoms with Crippen LogP contribution in [0.3, 0.4) is 0 Å². The zero-order valence-corrected chi connectivity index (χ0v) is 20.1. The molecular formula is C24H23N9OS. The largest absolute Gasteiger partial charge is 0.344 e. The Kier molecular flexibility index (Phi) is 5.33. The number of hydrogen-bond donors (Lipinski definition) is 1. The maximum absolute atomic E-state index is 13.4. The van der Waals surface area contributed by atoms with E-state index in [0.29, 0.717) is 28.5 Å². The average Bonchev–Trinajstić information content (AvgIpc) is 3.57. The number of imidazole rings is 1. The second-order valence-corrected chi connectivity index (χ2v) is 10.1. The van der Waals surface area contributed by atoms with Gasteiger partial charge in [-0.2, -0.15) is 4.68 Å². The predicted molar refractivity (Wildman–Crippen MR) is 130 cm³/mol. The van der Waals surface area contributed by atoms with Gasteiger partial charge in [0.25, 0.3) is 5.91 Å². The van der Waals surface area contributed by atoms with Crippen molar-refractivity contribution in [1.29, 1.82) is 0 Å². The van der Waals surface area contributed by atoms with Gasteiger partial charge in [0.05, 0.1) is 40.3 Å². The van der Waals surface area contributed by atoms with E-state index in [1.807, 2.05) is 29.8 Å². The first-order valence-corrected chi connectivity index (χ1v) is 12.3. The Morgan fingerprint density at radius 2 is 2.09 bits per heavy atom. The number of amides is 1. The minimum absolute atomic E-state index is 0.230. The van der Waals surface area contributed by atoms with E-state index < -0.39 is 0 Å². The van der Waals surface area contributed by atoms with Crippen LogP contribution < -0.4 is 5.32 Å². The number of pyridine rings is 1. The van der Waals surface area contributed by atoms with E-state index in [9.17, 15) is 4.79 Å². The van der Waals surface area contributed by atoms with E-state index in [0.717, 1.165) is 29.2 Å². The molecule has 5 aromatic heterocycles. The Bertz CT molecular complexity index is 1520. The third kappa shape index (κ3) is 3.87. The number of tetrazole rings is 1. The fraction of sp³-hybridized carbons (Fsp3) is 0.292. The fourth-order valence-electron chi connectivity index (χ4n) is 4.28. The van der Waals surface area contributed by atoms with Crippen LogP contribution in [0.2, 0.25) is 0 Å². The van der Waals surface area contributed by atoms with Crippen LogP contribution in [0.4, 0.5) is 0 Å². The van der Waals surface area contributed by atoms with Gasteiger partial charge in [-0.3, -0.25) is 19.2 Å². The van der Waals surface area contributed by atoms with Crippen LogP contribution in [-0.4, -0.2) is 45.5 Å². The van der Waals surface area contributed by atoms with Gasteiger partial charge in [0.1, 0.15) is 5.69 Å². The van der Waals surface area contributed by atoms with E-state index in [4.69, 9.17) is 4.98 Å². The van der Waals surface area contributed by atoms with Gasteiger partial charge in [-0.15, -0.1) is 16.4 Å². The molecule has 6 rings (SSSR count). The summed E-state index contributed by atoms with van der Waals surface area (Å²) in [5.74, 6) is 0.889. The van der Waals surface area contributed by atoms with Gasteiger partial charge < -0.3 is 5.32 Å². The highest BCUT2D eigenvalue weighted by Crippen LogP contribution is 2.36. The molecule has 0 radical (unpaired) electrons. The number of carbonyl (C=O) groups excluding carboxylic acids is 1. The predicted octanol–water partition coefficient (Wildman–Crippen LogP) is 3.90. The van der Waals surface area contributed by atoms with E-state index >= 15 is 0 Å². The second-order valence-electron chi connectivity index (χ2n) is 8.76. The highest BCUT2D eigenvalue weighted by molar-refractivity contribution is 7.15. The zero-order valence-electron chi connectivity index (χ0n) is 19.3. The van der Waals surface area contributed by atoms with Crippen LogP contribution in [0.5, 0.6) is 0 Å². The molecule has 0 aliphatic heterocycles. The number of thiophene rings is 1. The average molecular weight is 486 g/mol. The number of aromatic nitrogens is 8. The lowest BCUT2D eigenvalue weighted by atomic mass is 9.85. The van der Waals surface area contributed by atoms with Crippen LogP contribution in [0.25, 0.3) is 21.9 Å². The maximum Gasteiger partial charge on any atom is 0.253 e. The number of hydrogen-bond acceptors (Lipinski definition) is 8. The molecule has 176 valence electrons. The van der Waals surface area contributed by atoms with Crippen molar-refractivity contribution in [3.63, 3.8) is 0 Å². The first-order valence-electron chi connectivity index (χ1n) is 11.5. The summed E-state index contributed by atoms with van der Waals surface area (Å²) in [4.78, 5) is 28.8. The van der Waals surface area contributed by atoms with E-state index in [1.165, 1.54) is 11.3 Å². The molecule has 0 saturated heterocycles. The molecule has 1 aliphatic rings. The smallest absolute Gasteiger partial charge is 0.253 e. The number of aryl methyl sites for hydroxylation is 1. The van der Waals surface area contributed by atoms with Crippen LogP contribution in [-0.2, 0) is 0 Å². The lowest BCUT2D eigenvalue weighted by Crippen LogP contribution is -2.28. The SMILES string of the molecule is Cc1ccc(-c2cnc3c(-n4nnnc4C4CCC4)cc(C(=O)NC(C)c4cnccn4)cn23)s1. The molecule has 1 saturated carbocycles. The number of nitrogens with one attached hydrogen (secondary N) is 1. The summed E-state index contributed by atoms with van der Waals surface area (Å²) in [5, 5.41) is 15.6. The molecule has 1 atom stereocenters. The molecule has 5 aromatic rings. The van der Waals surface area contributed by atoms with E-state index in [1.54, 1.807) is 34.6 Å². The molecule has 1 aliphatic carbocycles. The summed E-state index contributed by atoms with van der Waals surface area (Å²) in [7, 11) is 0. The Hall–Kier alpha value is -3.99. The van der Waals surface area contributed by atoms with Crippen LogP contribution in [0, 0.1) is 6.92 Å². The zero-order chi connectivity index (χ0) is 23.9. The summed E-state index contributed by atoms with van der Waals surface area (Å²) < 4.78 is 3.69. The molecule has 5 heterocycles. The molecule has 1 amide bonds. The molecule has 11 heteroatoms. The molecular weight excluding hydrogens is 462 g/mol. The van der Waals surface area contributed by atoms with Crippen LogP contribution in [0.15, 0.2) is 49.2 Å². The first-order chi connectivity index (χ1) is 17.1. The van der Waals surface area contributed by atoms with Gasteiger partial charge in [0.2, 0.25) is 0 Å². The number of rotatable bonds is 6. The number of carbonyl (C=O) groups is 1. The first kappa shape index (κ1) is 21.5. The van der Waals surface area contributed by atoms with Crippen molar-refractivity contribution in [1.82, 2.24) is 44.9 Å². The summed E-state index contributed by atoms with van der Waals surface area (Å²) in [6.07, 6.45) is 11.8. The van der Waals surface area contributed by atoms with Gasteiger partial charge in [-0.25, -0.2) is 4.98 Å². The Morgan fingerprint density at radius 3 is 2.80 bits per heavy atom. The molecule has 35 heavy (non-hydrogen) atoms. The summed E-state index contributed by atoms with van der Waals surface area (Å²) >= 11 is 1.68. The second kappa shape index (κ2) is 8.66. The van der Waals surface area contributed by atoms with Crippen molar-refractivity contribution >= 4 is 22.9 Å².